The lowest BCUT2D eigenvalue weighted by molar-refractivity contribution is -0.384. The van der Waals surface area contributed by atoms with Crippen LogP contribution in [0.1, 0.15) is 12.8 Å². The van der Waals surface area contributed by atoms with Crippen LogP contribution in [0.4, 0.5) is 11.5 Å². The van der Waals surface area contributed by atoms with Crippen LogP contribution in [0.15, 0.2) is 6.20 Å². The molecule has 0 unspecified atom stereocenters. The molecule has 0 saturated carbocycles. The van der Waals surface area contributed by atoms with E-state index in [2.05, 4.69) is 10.4 Å². The minimum atomic E-state index is -0.349. The summed E-state index contributed by atoms with van der Waals surface area (Å²) in [5.41, 5.74) is 0.108. The molecular weight excluding hydrogens is 234 g/mol. The van der Waals surface area contributed by atoms with E-state index < -0.39 is 0 Å². The zero-order chi connectivity index (χ0) is 12.7. The zero-order valence-corrected chi connectivity index (χ0v) is 10.4. The van der Waals surface area contributed by atoms with Gasteiger partial charge in [-0.15, -0.1) is 5.10 Å². The molecule has 0 radical (unpaired) electrons. The van der Waals surface area contributed by atoms with Crippen molar-refractivity contribution in [3.8, 4) is 0 Å². The summed E-state index contributed by atoms with van der Waals surface area (Å²) in [6, 6.07) is 0.459. The lowest BCUT2D eigenvalue weighted by Gasteiger charge is -2.24. The minimum Gasteiger partial charge on any atom is -0.348 e. The molecule has 3 rings (SSSR count). The summed E-state index contributed by atoms with van der Waals surface area (Å²) in [7, 11) is 1.72. The Hall–Kier alpha value is -1.63. The third-order valence-corrected chi connectivity index (χ3v) is 3.89. The van der Waals surface area contributed by atoms with Gasteiger partial charge in [-0.05, 0) is 25.3 Å². The third-order valence-electron chi connectivity index (χ3n) is 3.89. The first-order valence-corrected chi connectivity index (χ1v) is 6.31. The number of fused-ring (bicyclic) bond motifs is 1. The van der Waals surface area contributed by atoms with Gasteiger partial charge in [0.25, 0.3) is 0 Å². The lowest BCUT2D eigenvalue weighted by atomic mass is 9.94. The minimum absolute atomic E-state index is 0.108. The number of aryl methyl sites for hydroxylation is 1. The van der Waals surface area contributed by atoms with Crippen LogP contribution in [-0.4, -0.2) is 40.4 Å². The number of piperidine rings is 1. The van der Waals surface area contributed by atoms with Gasteiger partial charge in [0.2, 0.25) is 5.82 Å². The highest BCUT2D eigenvalue weighted by Crippen LogP contribution is 2.33. The zero-order valence-electron chi connectivity index (χ0n) is 10.4. The Bertz CT molecular complexity index is 458. The molecule has 0 aliphatic carbocycles. The Morgan fingerprint density at radius 3 is 3.11 bits per heavy atom. The molecule has 0 amide bonds. The maximum absolute atomic E-state index is 11.0. The number of aromatic nitrogens is 2. The SMILES string of the molecule is Cn1cc([N+](=O)[O-])c(N2C[C@@H]3CCCN[C@@H]3C2)n1. The second-order valence-corrected chi connectivity index (χ2v) is 5.14. The Labute approximate surface area is 105 Å². The summed E-state index contributed by atoms with van der Waals surface area (Å²) in [5, 5.41) is 18.8. The van der Waals surface area contributed by atoms with E-state index in [0.29, 0.717) is 17.8 Å². The predicted molar refractivity (Wildman–Crippen MR) is 66.6 cm³/mol. The molecule has 2 saturated heterocycles. The summed E-state index contributed by atoms with van der Waals surface area (Å²) in [6.45, 7) is 2.75. The standard InChI is InChI=1S/C11H17N5O2/c1-14-7-10(16(17)18)11(13-14)15-5-8-3-2-4-12-9(8)6-15/h7-9,12H,2-6H2,1H3/t8-,9+/m0/s1. The number of anilines is 1. The van der Waals surface area contributed by atoms with Gasteiger partial charge in [0.1, 0.15) is 6.20 Å². The van der Waals surface area contributed by atoms with E-state index in [1.807, 2.05) is 4.90 Å². The van der Waals surface area contributed by atoms with Crippen LogP contribution in [0, 0.1) is 16.0 Å². The third kappa shape index (κ3) is 1.84. The molecule has 2 fully saturated rings. The van der Waals surface area contributed by atoms with Gasteiger partial charge < -0.3 is 10.2 Å². The highest BCUT2D eigenvalue weighted by Gasteiger charge is 2.37. The second kappa shape index (κ2) is 4.24. The molecule has 0 spiro atoms. The van der Waals surface area contributed by atoms with Crippen molar-refractivity contribution in [3.05, 3.63) is 16.3 Å². The van der Waals surface area contributed by atoms with Gasteiger partial charge in [-0.1, -0.05) is 0 Å². The Morgan fingerprint density at radius 1 is 1.56 bits per heavy atom. The molecular formula is C11H17N5O2. The van der Waals surface area contributed by atoms with Crippen molar-refractivity contribution >= 4 is 11.5 Å². The number of nitro groups is 1. The molecule has 0 aromatic carbocycles. The van der Waals surface area contributed by atoms with E-state index in [1.54, 1.807) is 7.05 Å². The highest BCUT2D eigenvalue weighted by molar-refractivity contribution is 5.57. The predicted octanol–water partition coefficient (Wildman–Crippen LogP) is 0.516. The van der Waals surface area contributed by atoms with Gasteiger partial charge in [0.15, 0.2) is 0 Å². The van der Waals surface area contributed by atoms with Gasteiger partial charge in [-0.3, -0.25) is 14.8 Å². The molecule has 18 heavy (non-hydrogen) atoms. The van der Waals surface area contributed by atoms with E-state index in [9.17, 15) is 10.1 Å². The molecule has 1 aromatic rings. The van der Waals surface area contributed by atoms with Crippen molar-refractivity contribution in [2.24, 2.45) is 13.0 Å². The van der Waals surface area contributed by atoms with Gasteiger partial charge >= 0.3 is 5.69 Å². The average molecular weight is 251 g/mol. The van der Waals surface area contributed by atoms with E-state index >= 15 is 0 Å². The van der Waals surface area contributed by atoms with Gasteiger partial charge in [-0.2, -0.15) is 0 Å². The monoisotopic (exact) mass is 251 g/mol. The molecule has 0 bridgehead atoms. The summed E-state index contributed by atoms with van der Waals surface area (Å²) >= 11 is 0. The summed E-state index contributed by atoms with van der Waals surface area (Å²) in [4.78, 5) is 12.7. The molecule has 2 aliphatic heterocycles. The van der Waals surface area contributed by atoms with Crippen LogP contribution in [0.5, 0.6) is 0 Å². The molecule has 2 aliphatic rings. The van der Waals surface area contributed by atoms with Crippen LogP contribution in [0.25, 0.3) is 0 Å². The summed E-state index contributed by atoms with van der Waals surface area (Å²) in [6.07, 6.45) is 3.87. The number of nitrogens with zero attached hydrogens (tertiary/aromatic N) is 4. The molecule has 98 valence electrons. The lowest BCUT2D eigenvalue weighted by Crippen LogP contribution is -2.40. The van der Waals surface area contributed by atoms with Crippen molar-refractivity contribution in [2.45, 2.75) is 18.9 Å². The fourth-order valence-electron chi connectivity index (χ4n) is 3.04. The molecule has 7 heteroatoms. The molecule has 2 atom stereocenters. The average Bonchev–Trinajstić information content (AvgIpc) is 2.91. The molecule has 1 N–H and O–H groups in total. The van der Waals surface area contributed by atoms with Crippen molar-refractivity contribution in [2.75, 3.05) is 24.5 Å². The summed E-state index contributed by atoms with van der Waals surface area (Å²) < 4.78 is 1.52. The largest absolute Gasteiger partial charge is 0.348 e. The number of hydrogen-bond acceptors (Lipinski definition) is 5. The van der Waals surface area contributed by atoms with Crippen LogP contribution < -0.4 is 10.2 Å². The molecule has 1 aromatic heterocycles. The Kier molecular flexibility index (Phi) is 2.70. The maximum Gasteiger partial charge on any atom is 0.330 e. The van der Waals surface area contributed by atoms with Crippen molar-refractivity contribution in [1.82, 2.24) is 15.1 Å². The van der Waals surface area contributed by atoms with Crippen molar-refractivity contribution in [3.63, 3.8) is 0 Å². The van der Waals surface area contributed by atoms with Gasteiger partial charge in [0.05, 0.1) is 4.92 Å². The topological polar surface area (TPSA) is 76.2 Å². The summed E-state index contributed by atoms with van der Waals surface area (Å²) in [5.74, 6) is 1.11. The fraction of sp³-hybridized carbons (Fsp3) is 0.727. The van der Waals surface area contributed by atoms with E-state index in [-0.39, 0.29) is 10.6 Å². The number of nitrogens with one attached hydrogen (secondary N) is 1. The molecule has 3 heterocycles. The first-order chi connectivity index (χ1) is 8.65. The quantitative estimate of drug-likeness (QED) is 0.612. The van der Waals surface area contributed by atoms with Crippen LogP contribution in [0.3, 0.4) is 0 Å². The highest BCUT2D eigenvalue weighted by atomic mass is 16.6. The van der Waals surface area contributed by atoms with E-state index in [1.165, 1.54) is 23.7 Å². The van der Waals surface area contributed by atoms with Gasteiger partial charge in [0, 0.05) is 26.2 Å². The van der Waals surface area contributed by atoms with E-state index in [0.717, 1.165) is 19.6 Å². The van der Waals surface area contributed by atoms with Crippen LogP contribution in [0.2, 0.25) is 0 Å². The van der Waals surface area contributed by atoms with Gasteiger partial charge in [-0.25, -0.2) is 0 Å². The van der Waals surface area contributed by atoms with E-state index in [4.69, 9.17) is 0 Å². The van der Waals surface area contributed by atoms with Crippen molar-refractivity contribution in [1.29, 1.82) is 0 Å². The number of hydrogen-bond donors (Lipinski definition) is 1. The normalized spacial score (nSPS) is 27.3. The van der Waals surface area contributed by atoms with Crippen LogP contribution >= 0.6 is 0 Å². The van der Waals surface area contributed by atoms with Crippen molar-refractivity contribution < 1.29 is 4.92 Å². The first-order valence-electron chi connectivity index (χ1n) is 6.31. The second-order valence-electron chi connectivity index (χ2n) is 5.14. The van der Waals surface area contributed by atoms with Crippen LogP contribution in [-0.2, 0) is 7.05 Å². The smallest absolute Gasteiger partial charge is 0.330 e. The Balaban J connectivity index is 1.85. The first kappa shape index (κ1) is 11.5. The Morgan fingerprint density at radius 2 is 2.39 bits per heavy atom. The maximum atomic E-state index is 11.0. The molecule has 7 nitrogen and oxygen atoms in total. The fourth-order valence-corrected chi connectivity index (χ4v) is 3.04. The number of rotatable bonds is 2.